The van der Waals surface area contributed by atoms with Crippen molar-refractivity contribution in [1.29, 1.82) is 0 Å². The van der Waals surface area contributed by atoms with E-state index >= 15 is 0 Å². The molecule has 9 aromatic rings. The molecule has 2 heterocycles. The maximum atomic E-state index is 12.7. The monoisotopic (exact) mass is 893 g/mol. The van der Waals surface area contributed by atoms with Crippen molar-refractivity contribution in [2.75, 3.05) is 0 Å². The number of para-hydroxylation sites is 1. The third-order valence-electron chi connectivity index (χ3n) is 14.1. The highest BCUT2D eigenvalue weighted by Gasteiger charge is 2.38. The van der Waals surface area contributed by atoms with Crippen LogP contribution in [0.25, 0.3) is 83.9 Å². The quantitative estimate of drug-likeness (QED) is 0.181. The molecule has 4 heteroatoms. The molecule has 0 bridgehead atoms. The first-order chi connectivity index (χ1) is 33.4. The molecule has 340 valence electrons. The molecule has 0 unspecified atom stereocenters. The molecule has 0 radical (unpaired) electrons. The molecule has 1 aliphatic rings. The zero-order valence-electron chi connectivity index (χ0n) is 44.3. The average Bonchev–Trinajstić information content (AvgIpc) is 3.82. The van der Waals surface area contributed by atoms with Gasteiger partial charge in [0.2, 0.25) is 0 Å². The fraction of sp³-hybridized carbons (Fsp3) is 0.250. The van der Waals surface area contributed by atoms with Crippen LogP contribution in [0.4, 0.5) is 0 Å². The van der Waals surface area contributed by atoms with Gasteiger partial charge in [0, 0.05) is 38.0 Å². The molecule has 0 atom stereocenters. The summed E-state index contributed by atoms with van der Waals surface area (Å²) < 4.78 is 26.1. The lowest BCUT2D eigenvalue weighted by atomic mass is 9.79. The second-order valence-corrected chi connectivity index (χ2v) is 22.3. The molecule has 0 saturated carbocycles. The molecule has 7 aromatic carbocycles. The van der Waals surface area contributed by atoms with Gasteiger partial charge in [0.1, 0.15) is 11.6 Å². The van der Waals surface area contributed by atoms with E-state index in [2.05, 4.69) is 202 Å². The van der Waals surface area contributed by atoms with E-state index in [4.69, 9.17) is 14.1 Å². The first-order valence-electron chi connectivity index (χ1n) is 25.4. The molecule has 0 aliphatic heterocycles. The minimum atomic E-state index is -2.18. The van der Waals surface area contributed by atoms with Gasteiger partial charge in [0.25, 0.3) is 0 Å². The summed E-state index contributed by atoms with van der Waals surface area (Å²) >= 11 is 0. The molecule has 10 rings (SSSR count). The van der Waals surface area contributed by atoms with Crippen molar-refractivity contribution in [3.05, 3.63) is 191 Å². The SMILES string of the molecule is [2H]C([2H])([2H])c1ccc(-c2ccnc(-c3cc(-c4cccc5c4nc(-c4cc(C(C)(C)C)cc(C(C)(C)C)c4O)n5-c4ccc(C(C)(C)C)cc4-c4ccccc4)c4c(c3)C(C)(C)c3ccccc3-4)c2)cc1. The molecule has 4 nitrogen and oxygen atoms in total. The lowest BCUT2D eigenvalue weighted by Crippen LogP contribution is -2.17. The average molecular weight is 893 g/mol. The highest BCUT2D eigenvalue weighted by atomic mass is 16.3. The Morgan fingerprint density at radius 2 is 1.22 bits per heavy atom. The Bertz CT molecular complexity index is 3540. The van der Waals surface area contributed by atoms with E-state index in [1.807, 2.05) is 24.4 Å². The van der Waals surface area contributed by atoms with Gasteiger partial charge in [0.15, 0.2) is 0 Å². The predicted octanol–water partition coefficient (Wildman–Crippen LogP) is 17.0. The lowest BCUT2D eigenvalue weighted by molar-refractivity contribution is 0.446. The molecule has 1 aliphatic carbocycles. The fourth-order valence-electron chi connectivity index (χ4n) is 10.2. The van der Waals surface area contributed by atoms with Gasteiger partial charge in [-0.15, -0.1) is 0 Å². The van der Waals surface area contributed by atoms with E-state index in [-0.39, 0.29) is 27.4 Å². The van der Waals surface area contributed by atoms with Crippen LogP contribution < -0.4 is 0 Å². The van der Waals surface area contributed by atoms with Crippen molar-refractivity contribution in [2.45, 2.75) is 105 Å². The Labute approximate surface area is 407 Å². The summed E-state index contributed by atoms with van der Waals surface area (Å²) in [7, 11) is 0. The molecule has 2 aromatic heterocycles. The number of aryl methyl sites for hydroxylation is 1. The molecule has 68 heavy (non-hydrogen) atoms. The fourth-order valence-corrected chi connectivity index (χ4v) is 10.2. The zero-order chi connectivity index (χ0) is 50.6. The minimum Gasteiger partial charge on any atom is -0.507 e. The summed E-state index contributed by atoms with van der Waals surface area (Å²) in [5.74, 6) is 0.892. The Balaban J connectivity index is 1.30. The second kappa shape index (κ2) is 16.0. The first-order valence-corrected chi connectivity index (χ1v) is 23.9. The normalized spacial score (nSPS) is 14.3. The van der Waals surface area contributed by atoms with Gasteiger partial charge in [0.05, 0.1) is 28.0 Å². The molecule has 0 spiro atoms. The van der Waals surface area contributed by atoms with Crippen LogP contribution in [0.5, 0.6) is 5.75 Å². The number of pyridine rings is 1. The summed E-state index contributed by atoms with van der Waals surface area (Å²) in [6.07, 6.45) is 1.84. The van der Waals surface area contributed by atoms with E-state index in [1.54, 1.807) is 12.1 Å². The van der Waals surface area contributed by atoms with Crippen LogP contribution >= 0.6 is 0 Å². The van der Waals surface area contributed by atoms with E-state index < -0.39 is 6.85 Å². The Morgan fingerprint density at radius 3 is 1.93 bits per heavy atom. The van der Waals surface area contributed by atoms with E-state index in [0.29, 0.717) is 17.0 Å². The summed E-state index contributed by atoms with van der Waals surface area (Å²) in [5.41, 5.74) is 18.5. The number of phenolic OH excluding ortho intramolecular Hbond substituents is 1. The largest absolute Gasteiger partial charge is 0.507 e. The van der Waals surface area contributed by atoms with Gasteiger partial charge >= 0.3 is 0 Å². The number of fused-ring (bicyclic) bond motifs is 4. The van der Waals surface area contributed by atoms with Crippen LogP contribution in [-0.2, 0) is 21.7 Å². The topological polar surface area (TPSA) is 50.9 Å². The van der Waals surface area contributed by atoms with E-state index in [9.17, 15) is 5.11 Å². The van der Waals surface area contributed by atoms with Gasteiger partial charge in [-0.1, -0.05) is 185 Å². The number of aromatic nitrogens is 3. The molecular formula is C64H63N3O. The lowest BCUT2D eigenvalue weighted by Gasteiger charge is -2.28. The van der Waals surface area contributed by atoms with Crippen LogP contribution in [-0.4, -0.2) is 19.6 Å². The smallest absolute Gasteiger partial charge is 0.149 e. The number of rotatable bonds is 6. The number of benzene rings is 7. The highest BCUT2D eigenvalue weighted by Crippen LogP contribution is 2.55. The maximum absolute atomic E-state index is 12.7. The zero-order valence-corrected chi connectivity index (χ0v) is 41.3. The van der Waals surface area contributed by atoms with Crippen LogP contribution in [0, 0.1) is 6.85 Å². The maximum Gasteiger partial charge on any atom is 0.149 e. The molecule has 1 N–H and O–H groups in total. The summed E-state index contributed by atoms with van der Waals surface area (Å²) in [5, 5.41) is 12.7. The first kappa shape index (κ1) is 41.2. The van der Waals surface area contributed by atoms with Crippen molar-refractivity contribution in [1.82, 2.24) is 14.5 Å². The van der Waals surface area contributed by atoms with Crippen molar-refractivity contribution in [3.63, 3.8) is 0 Å². The third-order valence-corrected chi connectivity index (χ3v) is 14.1. The van der Waals surface area contributed by atoms with Crippen molar-refractivity contribution < 1.29 is 9.22 Å². The Morgan fingerprint density at radius 1 is 0.529 bits per heavy atom. The second-order valence-electron chi connectivity index (χ2n) is 22.3. The van der Waals surface area contributed by atoms with Gasteiger partial charge < -0.3 is 5.11 Å². The summed E-state index contributed by atoms with van der Waals surface area (Å²) in [4.78, 5) is 10.8. The van der Waals surface area contributed by atoms with Gasteiger partial charge in [-0.25, -0.2) is 4.98 Å². The number of hydrogen-bond acceptors (Lipinski definition) is 3. The number of phenols is 1. The minimum absolute atomic E-state index is 0.107. The van der Waals surface area contributed by atoms with Crippen molar-refractivity contribution in [3.8, 4) is 78.6 Å². The van der Waals surface area contributed by atoms with Crippen molar-refractivity contribution in [2.24, 2.45) is 0 Å². The number of aromatic hydroxyl groups is 1. The van der Waals surface area contributed by atoms with Crippen LogP contribution in [0.1, 0.15) is 114 Å². The van der Waals surface area contributed by atoms with Gasteiger partial charge in [-0.3, -0.25) is 9.55 Å². The number of hydrogen-bond donors (Lipinski definition) is 1. The van der Waals surface area contributed by atoms with Crippen LogP contribution in [0.15, 0.2) is 158 Å². The molecule has 0 amide bonds. The van der Waals surface area contributed by atoms with Crippen LogP contribution in [0.3, 0.4) is 0 Å². The third kappa shape index (κ3) is 7.65. The number of imidazole rings is 1. The van der Waals surface area contributed by atoms with E-state index in [0.717, 1.165) is 72.5 Å². The standard InChI is InChI=1S/C64H63N3O/c1-39-25-27-40(28-26-39)42-31-32-65-54(35-42)43-33-49(57-47-21-16-17-23-51(47)64(11,12)52(57)34-43)46-22-18-24-56-58(46)66-60(50-37-45(62(5,6)7)38-53(59(50)68)63(8,9)10)67(56)55-30-29-44(61(2,3)4)36-48(55)41-19-14-13-15-20-41/h13-38,68H,1-12H3/i1D3. The molecule has 0 saturated heterocycles. The predicted molar refractivity (Wildman–Crippen MR) is 286 cm³/mol. The summed E-state index contributed by atoms with van der Waals surface area (Å²) in [6, 6.07) is 52.8. The number of nitrogens with zero attached hydrogens (tertiary/aromatic N) is 3. The summed E-state index contributed by atoms with van der Waals surface area (Å²) in [6.45, 7) is 22.3. The Kier molecular flexibility index (Phi) is 9.72. The van der Waals surface area contributed by atoms with Crippen LogP contribution in [0.2, 0.25) is 0 Å². The molecular weight excluding hydrogens is 827 g/mol. The van der Waals surface area contributed by atoms with Crippen molar-refractivity contribution >= 4 is 11.0 Å². The molecule has 0 fully saturated rings. The van der Waals surface area contributed by atoms with Gasteiger partial charge in [-0.2, -0.15) is 0 Å². The highest BCUT2D eigenvalue weighted by molar-refractivity contribution is 6.04. The van der Waals surface area contributed by atoms with Gasteiger partial charge in [-0.05, 0) is 127 Å². The Hall–Kier alpha value is -7.04. The van der Waals surface area contributed by atoms with E-state index in [1.165, 1.54) is 27.8 Å².